The summed E-state index contributed by atoms with van der Waals surface area (Å²) in [6.45, 7) is 23.7. The minimum Gasteiger partial charge on any atom is -0.298 e. The van der Waals surface area contributed by atoms with Crippen LogP contribution in [0.15, 0.2) is 117 Å². The van der Waals surface area contributed by atoms with Gasteiger partial charge in [-0.25, -0.2) is 15.0 Å². The van der Waals surface area contributed by atoms with Crippen molar-refractivity contribution in [2.45, 2.75) is 93.9 Å². The summed E-state index contributed by atoms with van der Waals surface area (Å²) in [7, 11) is 0. The monoisotopic (exact) mass is 691 g/mol. The molecule has 0 bridgehead atoms. The van der Waals surface area contributed by atoms with E-state index in [0.717, 1.165) is 65.2 Å². The lowest BCUT2D eigenvalue weighted by molar-refractivity contribution is 0.666. The Morgan fingerprint density at radius 2 is 1.38 bits per heavy atom. The van der Waals surface area contributed by atoms with Gasteiger partial charge in [-0.3, -0.25) is 9.13 Å². The Bertz CT molecular complexity index is 2160. The van der Waals surface area contributed by atoms with Gasteiger partial charge in [-0.15, -0.1) is 6.58 Å². The molecule has 5 heteroatoms. The van der Waals surface area contributed by atoms with Crippen LogP contribution in [0.2, 0.25) is 0 Å². The molecule has 0 N–H and O–H groups in total. The average Bonchev–Trinajstić information content (AvgIpc) is 3.71. The van der Waals surface area contributed by atoms with Crippen LogP contribution in [0.5, 0.6) is 0 Å². The number of pyridine rings is 3. The maximum atomic E-state index is 5.17. The van der Waals surface area contributed by atoms with E-state index in [1.807, 2.05) is 60.0 Å². The molecule has 52 heavy (non-hydrogen) atoms. The van der Waals surface area contributed by atoms with Crippen molar-refractivity contribution in [2.75, 3.05) is 0 Å². The largest absolute Gasteiger partial charge is 0.298 e. The fourth-order valence-electron chi connectivity index (χ4n) is 7.12. The Hall–Kier alpha value is -5.29. The normalized spacial score (nSPS) is 12.3. The summed E-state index contributed by atoms with van der Waals surface area (Å²) in [5.74, 6) is 0. The molecule has 1 aliphatic carbocycles. The number of fused-ring (bicyclic) bond motifs is 4. The number of hydrogen-bond donors (Lipinski definition) is 0. The van der Waals surface area contributed by atoms with Crippen LogP contribution in [0.3, 0.4) is 0 Å². The summed E-state index contributed by atoms with van der Waals surface area (Å²) < 4.78 is 4.65. The summed E-state index contributed by atoms with van der Waals surface area (Å²) in [5, 5.41) is 2.42. The molecule has 5 aromatic heterocycles. The highest BCUT2D eigenvalue weighted by atomic mass is 15.1. The van der Waals surface area contributed by atoms with Crippen molar-refractivity contribution in [3.63, 3.8) is 0 Å². The van der Waals surface area contributed by atoms with Gasteiger partial charge in [0.05, 0.1) is 11.4 Å². The van der Waals surface area contributed by atoms with Crippen LogP contribution in [-0.2, 0) is 25.7 Å². The third-order valence-corrected chi connectivity index (χ3v) is 9.06. The zero-order valence-electron chi connectivity index (χ0n) is 32.7. The maximum Gasteiger partial charge on any atom is 0.144 e. The van der Waals surface area contributed by atoms with Crippen molar-refractivity contribution in [3.8, 4) is 28.2 Å². The lowest BCUT2D eigenvalue weighted by atomic mass is 9.95. The van der Waals surface area contributed by atoms with E-state index >= 15 is 0 Å². The quantitative estimate of drug-likeness (QED) is 0.118. The first-order chi connectivity index (χ1) is 25.6. The number of rotatable bonds is 8. The van der Waals surface area contributed by atoms with Gasteiger partial charge in [0, 0.05) is 57.1 Å². The lowest BCUT2D eigenvalue weighted by Crippen LogP contribution is -2.06. The van der Waals surface area contributed by atoms with Crippen LogP contribution in [-0.4, -0.2) is 24.1 Å². The van der Waals surface area contributed by atoms with Crippen molar-refractivity contribution < 1.29 is 0 Å². The van der Waals surface area contributed by atoms with Crippen molar-refractivity contribution >= 4 is 27.8 Å². The zero-order chi connectivity index (χ0) is 37.6. The molecule has 0 radical (unpaired) electrons. The van der Waals surface area contributed by atoms with Gasteiger partial charge >= 0.3 is 0 Å². The SMILES string of the molecule is C=C/C=C(\C=C/C)n1c(CC)c(CC)c2cc(-c3cccc(-c4cnc5c(c4)c4c(n5-c5ccccc5)CCCC4)n3)cnc21.C=CC.CC.CC. The van der Waals surface area contributed by atoms with E-state index in [2.05, 4.69) is 115 Å². The third-order valence-electron chi connectivity index (χ3n) is 9.06. The topological polar surface area (TPSA) is 48.5 Å². The molecule has 0 aliphatic heterocycles. The maximum absolute atomic E-state index is 5.17. The van der Waals surface area contributed by atoms with E-state index in [1.54, 1.807) is 6.08 Å². The number of benzene rings is 1. The van der Waals surface area contributed by atoms with E-state index in [9.17, 15) is 0 Å². The molecule has 7 rings (SSSR count). The van der Waals surface area contributed by atoms with Gasteiger partial charge < -0.3 is 0 Å². The molecule has 1 aromatic carbocycles. The minimum absolute atomic E-state index is 0.911. The molecule has 0 unspecified atom stereocenters. The summed E-state index contributed by atoms with van der Waals surface area (Å²) in [4.78, 5) is 15.3. The van der Waals surface area contributed by atoms with Crippen LogP contribution in [0, 0.1) is 0 Å². The van der Waals surface area contributed by atoms with E-state index in [4.69, 9.17) is 15.0 Å². The lowest BCUT2D eigenvalue weighted by Gasteiger charge is -2.15. The van der Waals surface area contributed by atoms with E-state index in [-0.39, 0.29) is 0 Å². The Morgan fingerprint density at radius 3 is 1.98 bits per heavy atom. The number of aryl methyl sites for hydroxylation is 2. The molecular weight excluding hydrogens is 635 g/mol. The second kappa shape index (κ2) is 19.4. The van der Waals surface area contributed by atoms with E-state index in [1.165, 1.54) is 51.8 Å². The van der Waals surface area contributed by atoms with Crippen molar-refractivity contribution in [1.82, 2.24) is 24.1 Å². The van der Waals surface area contributed by atoms with Gasteiger partial charge in [0.2, 0.25) is 0 Å². The summed E-state index contributed by atoms with van der Waals surface area (Å²) in [6.07, 6.45) is 20.2. The van der Waals surface area contributed by atoms with Gasteiger partial charge in [-0.05, 0) is 112 Å². The first-order valence-corrected chi connectivity index (χ1v) is 19.2. The zero-order valence-corrected chi connectivity index (χ0v) is 32.7. The van der Waals surface area contributed by atoms with Crippen molar-refractivity contribution in [2.24, 2.45) is 0 Å². The van der Waals surface area contributed by atoms with Crippen molar-refractivity contribution in [3.05, 3.63) is 139 Å². The first kappa shape index (κ1) is 39.5. The third kappa shape index (κ3) is 7.94. The number of nitrogens with zero attached hydrogens (tertiary/aromatic N) is 5. The van der Waals surface area contributed by atoms with Gasteiger partial charge in [-0.2, -0.15) is 0 Å². The van der Waals surface area contributed by atoms with Crippen LogP contribution >= 0.6 is 0 Å². The van der Waals surface area contributed by atoms with Crippen LogP contribution in [0.1, 0.15) is 90.7 Å². The average molecular weight is 692 g/mol. The first-order valence-electron chi connectivity index (χ1n) is 19.2. The Kier molecular flexibility index (Phi) is 14.7. The Labute approximate surface area is 312 Å². The van der Waals surface area contributed by atoms with Crippen molar-refractivity contribution in [1.29, 1.82) is 0 Å². The number of hydrogen-bond acceptors (Lipinski definition) is 3. The number of para-hydroxylation sites is 1. The fraction of sp³-hybridized carbons (Fsp3) is 0.298. The number of aromatic nitrogens is 5. The molecule has 0 saturated heterocycles. The number of allylic oxidation sites excluding steroid dienone is 6. The standard InChI is InChI=1S/C40H39N5.C3H6.2C2H6/c1-5-15-29(16-6-2)44-37(8-4)31(7-3)33-23-27(25-41-39(33)44)35-20-14-21-36(43-35)28-24-34-32-19-12-13-22-38(32)45(40(34)42-26-28)30-17-10-9-11-18-30;1-3-2;2*1-2/h5-6,9-11,14-18,20-21,23-26H,1,7-8,12-13,19,22H2,2-4H3;3H,1H2,2H3;2*1-2H3/b16-6-,29-15+;;;. The predicted octanol–water partition coefficient (Wildman–Crippen LogP) is 13.0. The summed E-state index contributed by atoms with van der Waals surface area (Å²) in [6, 6.07) is 21.5. The Balaban J connectivity index is 0.000000810. The molecule has 6 aromatic rings. The highest BCUT2D eigenvalue weighted by molar-refractivity contribution is 5.91. The smallest absolute Gasteiger partial charge is 0.144 e. The van der Waals surface area contributed by atoms with Crippen LogP contribution in [0.4, 0.5) is 0 Å². The molecule has 5 heterocycles. The second-order valence-corrected chi connectivity index (χ2v) is 12.1. The molecular formula is C47H57N5. The van der Waals surface area contributed by atoms with Gasteiger partial charge in [0.25, 0.3) is 0 Å². The molecule has 1 aliphatic rings. The molecule has 0 saturated carbocycles. The summed E-state index contributed by atoms with van der Waals surface area (Å²) in [5.41, 5.74) is 13.6. The Morgan fingerprint density at radius 1 is 0.769 bits per heavy atom. The molecule has 0 atom stereocenters. The highest BCUT2D eigenvalue weighted by Crippen LogP contribution is 2.36. The van der Waals surface area contributed by atoms with Gasteiger partial charge in [0.15, 0.2) is 0 Å². The minimum atomic E-state index is 0.911. The van der Waals surface area contributed by atoms with Gasteiger partial charge in [0.1, 0.15) is 11.3 Å². The molecule has 0 amide bonds. The van der Waals surface area contributed by atoms with Gasteiger partial charge in [-0.1, -0.05) is 90.6 Å². The predicted molar refractivity (Wildman–Crippen MR) is 226 cm³/mol. The fourth-order valence-corrected chi connectivity index (χ4v) is 7.12. The van der Waals surface area contributed by atoms with E-state index < -0.39 is 0 Å². The highest BCUT2D eigenvalue weighted by Gasteiger charge is 2.23. The molecule has 5 nitrogen and oxygen atoms in total. The van der Waals surface area contributed by atoms with Crippen LogP contribution < -0.4 is 0 Å². The second-order valence-electron chi connectivity index (χ2n) is 12.1. The summed E-state index contributed by atoms with van der Waals surface area (Å²) >= 11 is 0. The molecule has 0 fully saturated rings. The molecule has 0 spiro atoms. The van der Waals surface area contributed by atoms with E-state index in [0.29, 0.717) is 0 Å². The van der Waals surface area contributed by atoms with Crippen LogP contribution in [0.25, 0.3) is 56.0 Å². The molecule has 270 valence electrons.